The maximum Gasteiger partial charge on any atom is 0.270 e. The third-order valence-electron chi connectivity index (χ3n) is 3.45. The molecule has 0 aromatic carbocycles. The molecule has 17 heavy (non-hydrogen) atoms. The second kappa shape index (κ2) is 4.83. The van der Waals surface area contributed by atoms with Gasteiger partial charge in [-0.25, -0.2) is 5.43 Å². The Kier molecular flexibility index (Phi) is 3.42. The molecule has 1 N–H and O–H groups in total. The van der Waals surface area contributed by atoms with E-state index in [2.05, 4.69) is 22.5 Å². The smallest absolute Gasteiger partial charge is 0.270 e. The molecule has 6 nitrogen and oxygen atoms in total. The van der Waals surface area contributed by atoms with Crippen LogP contribution >= 0.6 is 0 Å². The number of hydrogen-bond donors (Lipinski definition) is 1. The van der Waals surface area contributed by atoms with Crippen LogP contribution in [0.25, 0.3) is 0 Å². The first-order valence-corrected chi connectivity index (χ1v) is 5.89. The zero-order valence-corrected chi connectivity index (χ0v) is 10.3. The van der Waals surface area contributed by atoms with Gasteiger partial charge in [-0.3, -0.25) is 9.59 Å². The van der Waals surface area contributed by atoms with Crippen LogP contribution in [0.1, 0.15) is 19.3 Å². The molecule has 2 aliphatic heterocycles. The van der Waals surface area contributed by atoms with Crippen molar-refractivity contribution >= 4 is 17.5 Å². The topological polar surface area (TPSA) is 65.0 Å². The number of rotatable bonds is 2. The fourth-order valence-corrected chi connectivity index (χ4v) is 2.24. The van der Waals surface area contributed by atoms with E-state index in [9.17, 15) is 9.59 Å². The predicted octanol–water partition coefficient (Wildman–Crippen LogP) is -0.585. The van der Waals surface area contributed by atoms with Crippen LogP contribution in [-0.4, -0.2) is 60.6 Å². The van der Waals surface area contributed by atoms with Gasteiger partial charge in [-0.15, -0.1) is 0 Å². The number of carbonyl (C=O) groups excluding carboxylic acids is 2. The van der Waals surface area contributed by atoms with Crippen molar-refractivity contribution in [3.05, 3.63) is 0 Å². The first kappa shape index (κ1) is 12.0. The molecule has 2 amide bonds. The second-order valence-electron chi connectivity index (χ2n) is 4.72. The summed E-state index contributed by atoms with van der Waals surface area (Å²) < 4.78 is 0. The van der Waals surface area contributed by atoms with Gasteiger partial charge in [-0.2, -0.15) is 5.10 Å². The third kappa shape index (κ3) is 2.63. The average Bonchev–Trinajstić information content (AvgIpc) is 2.75. The number of nitrogens with one attached hydrogen (secondary N) is 1. The Morgan fingerprint density at radius 2 is 2.12 bits per heavy atom. The SMILES string of the molecule is CN1CCC(N(C)C(=O)C2=NNC(=O)C2)CC1. The molecule has 0 unspecified atom stereocenters. The number of hydrogen-bond acceptors (Lipinski definition) is 4. The zero-order chi connectivity index (χ0) is 12.4. The summed E-state index contributed by atoms with van der Waals surface area (Å²) in [5, 5.41) is 3.76. The first-order valence-electron chi connectivity index (χ1n) is 5.89. The fraction of sp³-hybridized carbons (Fsp3) is 0.727. The Morgan fingerprint density at radius 1 is 1.47 bits per heavy atom. The van der Waals surface area contributed by atoms with Gasteiger partial charge in [0.2, 0.25) is 5.91 Å². The number of piperidine rings is 1. The summed E-state index contributed by atoms with van der Waals surface area (Å²) >= 11 is 0. The Hall–Kier alpha value is -1.43. The van der Waals surface area contributed by atoms with Crippen molar-refractivity contribution < 1.29 is 9.59 Å². The molecule has 1 saturated heterocycles. The van der Waals surface area contributed by atoms with Crippen LogP contribution in [-0.2, 0) is 9.59 Å². The predicted molar refractivity (Wildman–Crippen MR) is 63.5 cm³/mol. The van der Waals surface area contributed by atoms with Gasteiger partial charge in [0.15, 0.2) is 0 Å². The number of amides is 2. The van der Waals surface area contributed by atoms with E-state index in [0.29, 0.717) is 5.71 Å². The van der Waals surface area contributed by atoms with E-state index in [1.54, 1.807) is 11.9 Å². The molecular formula is C11H18N4O2. The van der Waals surface area contributed by atoms with E-state index in [1.165, 1.54) is 0 Å². The van der Waals surface area contributed by atoms with Crippen molar-refractivity contribution in [2.75, 3.05) is 27.2 Å². The van der Waals surface area contributed by atoms with Crippen LogP contribution in [0.2, 0.25) is 0 Å². The van der Waals surface area contributed by atoms with Crippen LogP contribution in [0.15, 0.2) is 5.10 Å². The molecule has 2 heterocycles. The molecule has 6 heteroatoms. The van der Waals surface area contributed by atoms with Crippen molar-refractivity contribution in [1.29, 1.82) is 0 Å². The maximum absolute atomic E-state index is 12.1. The lowest BCUT2D eigenvalue weighted by Crippen LogP contribution is -2.46. The van der Waals surface area contributed by atoms with Crippen LogP contribution in [0.3, 0.4) is 0 Å². The van der Waals surface area contributed by atoms with Gasteiger partial charge >= 0.3 is 0 Å². The molecule has 0 aromatic rings. The molecule has 0 bridgehead atoms. The van der Waals surface area contributed by atoms with E-state index < -0.39 is 0 Å². The van der Waals surface area contributed by atoms with Gasteiger partial charge in [0, 0.05) is 13.1 Å². The van der Waals surface area contributed by atoms with Gasteiger partial charge < -0.3 is 9.80 Å². The average molecular weight is 238 g/mol. The highest BCUT2D eigenvalue weighted by Gasteiger charge is 2.29. The van der Waals surface area contributed by atoms with Gasteiger partial charge in [0.25, 0.3) is 5.91 Å². The number of likely N-dealkylation sites (tertiary alicyclic amines) is 1. The minimum atomic E-state index is -0.204. The van der Waals surface area contributed by atoms with Crippen LogP contribution in [0.5, 0.6) is 0 Å². The van der Waals surface area contributed by atoms with Crippen LogP contribution in [0, 0.1) is 0 Å². The monoisotopic (exact) mass is 238 g/mol. The van der Waals surface area contributed by atoms with Gasteiger partial charge in [-0.05, 0) is 33.0 Å². The van der Waals surface area contributed by atoms with Gasteiger partial charge in [-0.1, -0.05) is 0 Å². The Labute approximate surface area is 101 Å². The third-order valence-corrected chi connectivity index (χ3v) is 3.45. The fourth-order valence-electron chi connectivity index (χ4n) is 2.24. The molecule has 2 aliphatic rings. The van der Waals surface area contributed by atoms with Gasteiger partial charge in [0.1, 0.15) is 5.71 Å². The molecule has 2 rings (SSSR count). The molecule has 0 aliphatic carbocycles. The lowest BCUT2D eigenvalue weighted by atomic mass is 10.0. The number of hydrazone groups is 1. The summed E-state index contributed by atoms with van der Waals surface area (Å²) in [6.07, 6.45) is 2.07. The normalized spacial score (nSPS) is 22.2. The molecule has 94 valence electrons. The lowest BCUT2D eigenvalue weighted by molar-refractivity contribution is -0.126. The standard InChI is InChI=1S/C11H18N4O2/c1-14-5-3-8(4-6-14)15(2)11(17)9-7-10(16)13-12-9/h8H,3-7H2,1-2H3,(H,13,16). The summed E-state index contributed by atoms with van der Waals surface area (Å²) in [6, 6.07) is 0.261. The maximum atomic E-state index is 12.1. The molecule has 0 aromatic heterocycles. The van der Waals surface area contributed by atoms with E-state index in [4.69, 9.17) is 0 Å². The molecule has 1 fully saturated rings. The largest absolute Gasteiger partial charge is 0.338 e. The summed E-state index contributed by atoms with van der Waals surface area (Å²) in [5.74, 6) is -0.331. The highest BCUT2D eigenvalue weighted by atomic mass is 16.2. The Balaban J connectivity index is 1.93. The minimum absolute atomic E-state index is 0.107. The molecule has 0 spiro atoms. The van der Waals surface area contributed by atoms with E-state index in [0.717, 1.165) is 25.9 Å². The van der Waals surface area contributed by atoms with E-state index in [1.807, 2.05) is 0 Å². The Bertz CT molecular complexity index is 358. The van der Waals surface area contributed by atoms with Crippen LogP contribution < -0.4 is 5.43 Å². The van der Waals surface area contributed by atoms with Crippen molar-refractivity contribution in [2.45, 2.75) is 25.3 Å². The highest BCUT2D eigenvalue weighted by molar-refractivity contribution is 6.43. The van der Waals surface area contributed by atoms with Crippen molar-refractivity contribution in [2.24, 2.45) is 5.10 Å². The van der Waals surface area contributed by atoms with Crippen molar-refractivity contribution in [1.82, 2.24) is 15.2 Å². The second-order valence-corrected chi connectivity index (χ2v) is 4.72. The molecule has 0 saturated carbocycles. The summed E-state index contributed by atoms with van der Waals surface area (Å²) in [6.45, 7) is 2.01. The lowest BCUT2D eigenvalue weighted by Gasteiger charge is -2.34. The van der Waals surface area contributed by atoms with E-state index >= 15 is 0 Å². The minimum Gasteiger partial charge on any atom is -0.338 e. The first-order chi connectivity index (χ1) is 8.08. The molecule has 0 atom stereocenters. The summed E-state index contributed by atoms with van der Waals surface area (Å²) in [4.78, 5) is 27.0. The molecular weight excluding hydrogens is 220 g/mol. The molecule has 0 radical (unpaired) electrons. The highest BCUT2D eigenvalue weighted by Crippen LogP contribution is 2.15. The van der Waals surface area contributed by atoms with Crippen molar-refractivity contribution in [3.63, 3.8) is 0 Å². The van der Waals surface area contributed by atoms with Crippen molar-refractivity contribution in [3.8, 4) is 0 Å². The quantitative estimate of drug-likeness (QED) is 0.699. The number of nitrogens with zero attached hydrogens (tertiary/aromatic N) is 3. The zero-order valence-electron chi connectivity index (χ0n) is 10.3. The van der Waals surface area contributed by atoms with Gasteiger partial charge in [0.05, 0.1) is 6.42 Å². The van der Waals surface area contributed by atoms with Crippen LogP contribution in [0.4, 0.5) is 0 Å². The number of carbonyl (C=O) groups is 2. The summed E-state index contributed by atoms with van der Waals surface area (Å²) in [5.41, 5.74) is 2.64. The summed E-state index contributed by atoms with van der Waals surface area (Å²) in [7, 11) is 3.88. The Morgan fingerprint density at radius 3 is 2.65 bits per heavy atom. The van der Waals surface area contributed by atoms with E-state index in [-0.39, 0.29) is 24.3 Å².